The van der Waals surface area contributed by atoms with Crippen molar-refractivity contribution in [3.63, 3.8) is 0 Å². The number of halogens is 2. The molecule has 29 heavy (non-hydrogen) atoms. The number of imidazole rings is 1. The summed E-state index contributed by atoms with van der Waals surface area (Å²) in [6, 6.07) is 10.4. The van der Waals surface area contributed by atoms with Gasteiger partial charge in [-0.2, -0.15) is 5.26 Å². The molecular weight excluding hydrogens is 380 g/mol. The monoisotopic (exact) mass is 395 g/mol. The van der Waals surface area contributed by atoms with E-state index < -0.39 is 11.6 Å². The van der Waals surface area contributed by atoms with Gasteiger partial charge in [0, 0.05) is 23.9 Å². The van der Waals surface area contributed by atoms with Crippen LogP contribution in [0.4, 0.5) is 20.3 Å². The number of H-pyrrole nitrogens is 1. The van der Waals surface area contributed by atoms with Crippen molar-refractivity contribution in [1.82, 2.24) is 14.6 Å². The van der Waals surface area contributed by atoms with Gasteiger partial charge in [0.25, 0.3) is 0 Å². The summed E-state index contributed by atoms with van der Waals surface area (Å²) >= 11 is 0. The topological polar surface area (TPSA) is 87.4 Å². The van der Waals surface area contributed by atoms with Gasteiger partial charge in [-0.05, 0) is 24.3 Å². The third kappa shape index (κ3) is 3.10. The van der Waals surface area contributed by atoms with Crippen LogP contribution in [-0.2, 0) is 0 Å². The largest absolute Gasteiger partial charge is 0.497 e. The maximum Gasteiger partial charge on any atom is 0.173 e. The van der Waals surface area contributed by atoms with E-state index >= 15 is 0 Å². The zero-order valence-corrected chi connectivity index (χ0v) is 15.5. The quantitative estimate of drug-likeness (QED) is 0.528. The summed E-state index contributed by atoms with van der Waals surface area (Å²) in [5.41, 5.74) is 1.45. The molecule has 2 heterocycles. The van der Waals surface area contributed by atoms with Gasteiger partial charge in [0.05, 0.1) is 19.9 Å². The van der Waals surface area contributed by atoms with E-state index in [1.54, 1.807) is 25.3 Å². The first-order chi connectivity index (χ1) is 14.0. The van der Waals surface area contributed by atoms with Crippen LogP contribution >= 0.6 is 0 Å². The lowest BCUT2D eigenvalue weighted by atomic mass is 10.1. The van der Waals surface area contributed by atoms with Gasteiger partial charge in [-0.15, -0.1) is 0 Å². The second-order valence-corrected chi connectivity index (χ2v) is 6.08. The summed E-state index contributed by atoms with van der Waals surface area (Å²) in [7, 11) is 3.05. The average molecular weight is 395 g/mol. The fourth-order valence-corrected chi connectivity index (χ4v) is 3.02. The molecule has 0 spiro atoms. The van der Waals surface area contributed by atoms with E-state index in [0.717, 1.165) is 12.1 Å². The van der Waals surface area contributed by atoms with Crippen molar-refractivity contribution in [3.05, 3.63) is 59.8 Å². The average Bonchev–Trinajstić information content (AvgIpc) is 3.28. The Labute approximate surface area is 164 Å². The Kier molecular flexibility index (Phi) is 4.52. The Morgan fingerprint density at radius 1 is 1.14 bits per heavy atom. The van der Waals surface area contributed by atoms with Gasteiger partial charge in [0.1, 0.15) is 40.5 Å². The van der Waals surface area contributed by atoms with Crippen LogP contribution in [0.3, 0.4) is 0 Å². The van der Waals surface area contributed by atoms with Crippen LogP contribution in [0.1, 0.15) is 5.56 Å². The first-order valence-electron chi connectivity index (χ1n) is 8.50. The van der Waals surface area contributed by atoms with Crippen LogP contribution in [-0.4, -0.2) is 28.8 Å². The third-order valence-corrected chi connectivity index (χ3v) is 4.42. The lowest BCUT2D eigenvalue weighted by Crippen LogP contribution is -2.01. The van der Waals surface area contributed by atoms with Gasteiger partial charge >= 0.3 is 0 Å². The Morgan fingerprint density at radius 2 is 1.97 bits per heavy atom. The van der Waals surface area contributed by atoms with E-state index in [0.29, 0.717) is 28.7 Å². The second-order valence-electron chi connectivity index (χ2n) is 6.08. The Bertz CT molecular complexity index is 1260. The second kappa shape index (κ2) is 7.16. The van der Waals surface area contributed by atoms with Crippen molar-refractivity contribution < 1.29 is 18.3 Å². The minimum Gasteiger partial charge on any atom is -0.497 e. The van der Waals surface area contributed by atoms with Gasteiger partial charge in [0.2, 0.25) is 0 Å². The molecule has 0 saturated heterocycles. The van der Waals surface area contributed by atoms with Crippen molar-refractivity contribution in [2.45, 2.75) is 0 Å². The van der Waals surface area contributed by atoms with E-state index in [4.69, 9.17) is 9.47 Å². The normalized spacial score (nSPS) is 10.7. The van der Waals surface area contributed by atoms with Gasteiger partial charge < -0.3 is 14.8 Å². The number of rotatable bonds is 5. The predicted octanol–water partition coefficient (Wildman–Crippen LogP) is 4.24. The van der Waals surface area contributed by atoms with Crippen molar-refractivity contribution in [2.24, 2.45) is 0 Å². The van der Waals surface area contributed by atoms with E-state index in [1.807, 2.05) is 6.07 Å². The van der Waals surface area contributed by atoms with Crippen molar-refractivity contribution >= 4 is 17.2 Å². The fraction of sp³-hybridized carbons (Fsp3) is 0.100. The Morgan fingerprint density at radius 3 is 2.66 bits per heavy atom. The molecule has 0 radical (unpaired) electrons. The molecule has 146 valence electrons. The Balaban J connectivity index is 1.91. The maximum absolute atomic E-state index is 14.5. The number of methoxy groups -OCH3 is 2. The molecule has 9 heteroatoms. The molecule has 0 fully saturated rings. The number of benzene rings is 2. The van der Waals surface area contributed by atoms with Crippen LogP contribution in [0.15, 0.2) is 42.6 Å². The third-order valence-electron chi connectivity index (χ3n) is 4.42. The zero-order chi connectivity index (χ0) is 20.5. The number of aromatic amines is 1. The number of hydrogen-bond acceptors (Lipinski definition) is 5. The summed E-state index contributed by atoms with van der Waals surface area (Å²) in [5.74, 6) is -0.0243. The molecule has 0 atom stereocenters. The molecule has 7 nitrogen and oxygen atoms in total. The minimum atomic E-state index is -0.769. The lowest BCUT2D eigenvalue weighted by Gasteiger charge is -2.13. The number of ether oxygens (including phenoxy) is 2. The van der Waals surface area contributed by atoms with E-state index in [1.165, 1.54) is 23.9 Å². The number of fused-ring (bicyclic) bond motifs is 1. The summed E-state index contributed by atoms with van der Waals surface area (Å²) in [4.78, 5) is 4.41. The first-order valence-corrected chi connectivity index (χ1v) is 8.50. The van der Waals surface area contributed by atoms with Crippen LogP contribution in [0.2, 0.25) is 0 Å². The molecule has 0 unspecified atom stereocenters. The molecule has 2 aromatic heterocycles. The van der Waals surface area contributed by atoms with Crippen LogP contribution < -0.4 is 14.8 Å². The van der Waals surface area contributed by atoms with Crippen molar-refractivity contribution in [2.75, 3.05) is 19.5 Å². The smallest absolute Gasteiger partial charge is 0.173 e. The first kappa shape index (κ1) is 18.3. The number of nitrogens with one attached hydrogen (secondary N) is 2. The van der Waals surface area contributed by atoms with Crippen molar-refractivity contribution in [1.29, 1.82) is 5.26 Å². The van der Waals surface area contributed by atoms with Gasteiger partial charge in [0.15, 0.2) is 11.5 Å². The van der Waals surface area contributed by atoms with Crippen LogP contribution in [0.25, 0.3) is 16.9 Å². The van der Waals surface area contributed by atoms with Gasteiger partial charge in [-0.3, -0.25) is 5.10 Å². The number of nitriles is 1. The summed E-state index contributed by atoms with van der Waals surface area (Å²) in [6.07, 6.45) is 1.49. The lowest BCUT2D eigenvalue weighted by molar-refractivity contribution is 0.395. The molecule has 2 N–H and O–H groups in total. The van der Waals surface area contributed by atoms with Crippen molar-refractivity contribution in [3.8, 4) is 28.8 Å². The van der Waals surface area contributed by atoms with E-state index in [9.17, 15) is 14.0 Å². The summed E-state index contributed by atoms with van der Waals surface area (Å²) in [6.45, 7) is 0. The maximum atomic E-state index is 14.5. The highest BCUT2D eigenvalue weighted by Gasteiger charge is 2.22. The van der Waals surface area contributed by atoms with Crippen LogP contribution in [0, 0.1) is 23.0 Å². The molecule has 0 bridgehead atoms. The number of nitrogens with zero attached hydrogens (tertiary/aromatic N) is 3. The van der Waals surface area contributed by atoms with Crippen LogP contribution in [0.5, 0.6) is 11.5 Å². The van der Waals surface area contributed by atoms with Gasteiger partial charge in [-0.1, -0.05) is 0 Å². The molecule has 0 saturated carbocycles. The fourth-order valence-electron chi connectivity index (χ4n) is 3.02. The summed E-state index contributed by atoms with van der Waals surface area (Å²) in [5, 5.41) is 15.4. The number of hydrogen-bond donors (Lipinski definition) is 2. The molecule has 4 rings (SSSR count). The van der Waals surface area contributed by atoms with E-state index in [2.05, 4.69) is 15.4 Å². The SMILES string of the molecule is COc1ccc(Nc2c(-c3ccc(F)cc3F)nc3c(C#N)c[nH]n23)c(OC)c1. The highest BCUT2D eigenvalue weighted by Crippen LogP contribution is 2.37. The zero-order valence-electron chi connectivity index (χ0n) is 15.5. The van der Waals surface area contributed by atoms with Gasteiger partial charge in [-0.25, -0.2) is 18.3 Å². The standard InChI is InChI=1S/C20H15F2N5O2/c1-28-13-4-6-16(17(8-13)29-2)25-20-18(14-5-3-12(21)7-15(14)22)26-19-11(9-23)10-24-27(19)20/h3-8,10,24-25H,1-2H3. The molecular formula is C20H15F2N5O2. The van der Waals surface area contributed by atoms with E-state index in [-0.39, 0.29) is 16.8 Å². The molecule has 4 aromatic rings. The molecule has 2 aromatic carbocycles. The summed E-state index contributed by atoms with van der Waals surface area (Å²) < 4.78 is 40.0. The highest BCUT2D eigenvalue weighted by molar-refractivity contribution is 5.82. The predicted molar refractivity (Wildman–Crippen MR) is 102 cm³/mol. The number of anilines is 2. The highest BCUT2D eigenvalue weighted by atomic mass is 19.1. The minimum absolute atomic E-state index is 0.0855. The molecule has 0 aliphatic heterocycles. The molecule has 0 aliphatic carbocycles. The number of aromatic nitrogens is 3. The Hall–Kier alpha value is -4.06. The molecule has 0 aliphatic rings. The molecule has 0 amide bonds.